The molecular weight excluding hydrogens is 240 g/mol. The largest absolute Gasteiger partial charge is 0.379 e. The zero-order valence-corrected chi connectivity index (χ0v) is 8.99. The van der Waals surface area contributed by atoms with E-state index >= 15 is 0 Å². The second-order valence-electron chi connectivity index (χ2n) is 3.18. The smallest absolute Gasteiger partial charge is 0.362 e. The van der Waals surface area contributed by atoms with Crippen molar-refractivity contribution in [1.82, 2.24) is 15.8 Å². The molecule has 2 aromatic rings. The summed E-state index contributed by atoms with van der Waals surface area (Å²) in [5.74, 6) is -1.72. The van der Waals surface area contributed by atoms with Crippen LogP contribution in [-0.4, -0.2) is 22.2 Å². The van der Waals surface area contributed by atoms with Gasteiger partial charge >= 0.3 is 11.9 Å². The molecule has 0 aliphatic rings. The summed E-state index contributed by atoms with van der Waals surface area (Å²) in [6.45, 7) is 0. The van der Waals surface area contributed by atoms with Gasteiger partial charge in [-0.1, -0.05) is 18.2 Å². The van der Waals surface area contributed by atoms with Crippen LogP contribution in [0.3, 0.4) is 0 Å². The van der Waals surface area contributed by atoms with Gasteiger partial charge in [0.05, 0.1) is 5.56 Å². The van der Waals surface area contributed by atoms with Crippen molar-refractivity contribution in [2.75, 3.05) is 5.73 Å². The quantitative estimate of drug-likeness (QED) is 0.725. The van der Waals surface area contributed by atoms with Gasteiger partial charge in [0.15, 0.2) is 0 Å². The average Bonchev–Trinajstić information content (AvgIpc) is 2.83. The second kappa shape index (κ2) is 4.95. The van der Waals surface area contributed by atoms with Crippen molar-refractivity contribution in [1.29, 1.82) is 0 Å². The Kier molecular flexibility index (Phi) is 3.19. The summed E-state index contributed by atoms with van der Waals surface area (Å²) in [4.78, 5) is 27.5. The highest BCUT2D eigenvalue weighted by Gasteiger charge is 2.17. The molecule has 0 saturated heterocycles. The first-order valence-corrected chi connectivity index (χ1v) is 4.83. The molecule has 18 heavy (non-hydrogen) atoms. The number of amides is 1. The van der Waals surface area contributed by atoms with Gasteiger partial charge in [-0.15, -0.1) is 0 Å². The summed E-state index contributed by atoms with van der Waals surface area (Å²) >= 11 is 0. The topological polar surface area (TPSA) is 120 Å². The molecule has 2 rings (SSSR count). The lowest BCUT2D eigenvalue weighted by Crippen LogP contribution is -2.28. The van der Waals surface area contributed by atoms with E-state index in [1.165, 1.54) is 0 Å². The molecule has 0 aliphatic carbocycles. The molecule has 8 heteroatoms. The van der Waals surface area contributed by atoms with Gasteiger partial charge in [0.25, 0.3) is 0 Å². The Labute approximate surface area is 101 Å². The van der Waals surface area contributed by atoms with E-state index in [-0.39, 0.29) is 11.5 Å². The molecule has 0 aliphatic heterocycles. The first-order valence-electron chi connectivity index (χ1n) is 4.83. The van der Waals surface area contributed by atoms with E-state index in [2.05, 4.69) is 19.8 Å². The highest BCUT2D eigenvalue weighted by atomic mass is 16.7. The van der Waals surface area contributed by atoms with E-state index in [4.69, 9.17) is 5.73 Å². The lowest BCUT2D eigenvalue weighted by atomic mass is 10.2. The van der Waals surface area contributed by atoms with Gasteiger partial charge in [-0.25, -0.2) is 9.42 Å². The highest BCUT2D eigenvalue weighted by Crippen LogP contribution is 2.04. The molecular formula is C10H8N4O4. The third-order valence-electron chi connectivity index (χ3n) is 1.97. The number of hydrogen-bond donors (Lipinski definition) is 2. The van der Waals surface area contributed by atoms with E-state index in [0.29, 0.717) is 5.56 Å². The molecule has 92 valence electrons. The first kappa shape index (κ1) is 11.6. The standard InChI is InChI=1S/C10H8N4O4/c11-8-7(12-18-13-8)9(15)14-17-10(16)6-4-2-1-3-5-6/h1-5H,(H2,11,13)(H,14,15). The average molecular weight is 248 g/mol. The molecule has 3 N–H and O–H groups in total. The van der Waals surface area contributed by atoms with Crippen LogP contribution in [0, 0.1) is 0 Å². The van der Waals surface area contributed by atoms with E-state index in [1.54, 1.807) is 30.3 Å². The molecule has 0 saturated carbocycles. The fourth-order valence-corrected chi connectivity index (χ4v) is 1.13. The van der Waals surface area contributed by atoms with Gasteiger partial charge < -0.3 is 10.6 Å². The lowest BCUT2D eigenvalue weighted by molar-refractivity contribution is 0.0227. The summed E-state index contributed by atoms with van der Waals surface area (Å²) in [6.07, 6.45) is 0. The lowest BCUT2D eigenvalue weighted by Gasteiger charge is -2.03. The summed E-state index contributed by atoms with van der Waals surface area (Å²) in [5, 5.41) is 6.47. The van der Waals surface area contributed by atoms with Gasteiger partial charge in [0.2, 0.25) is 11.5 Å². The van der Waals surface area contributed by atoms with Crippen LogP contribution in [-0.2, 0) is 4.84 Å². The van der Waals surface area contributed by atoms with Crippen molar-refractivity contribution in [3.63, 3.8) is 0 Å². The molecule has 1 aromatic heterocycles. The zero-order chi connectivity index (χ0) is 13.0. The number of rotatable bonds is 2. The maximum Gasteiger partial charge on any atom is 0.362 e. The van der Waals surface area contributed by atoms with E-state index in [9.17, 15) is 9.59 Å². The Morgan fingerprint density at radius 1 is 1.22 bits per heavy atom. The Balaban J connectivity index is 1.95. The molecule has 0 atom stereocenters. The molecule has 0 unspecified atom stereocenters. The number of aromatic nitrogens is 2. The molecule has 1 amide bonds. The highest BCUT2D eigenvalue weighted by molar-refractivity contribution is 5.97. The summed E-state index contributed by atoms with van der Waals surface area (Å²) in [5.41, 5.74) is 7.23. The van der Waals surface area contributed by atoms with Crippen LogP contribution in [0.15, 0.2) is 35.0 Å². The maximum absolute atomic E-state index is 11.5. The number of nitrogens with zero attached hydrogens (tertiary/aromatic N) is 2. The minimum absolute atomic E-state index is 0.191. The molecule has 0 fully saturated rings. The van der Waals surface area contributed by atoms with E-state index in [0.717, 1.165) is 0 Å². The Bertz CT molecular complexity index is 566. The predicted molar refractivity (Wildman–Crippen MR) is 58.0 cm³/mol. The van der Waals surface area contributed by atoms with Crippen molar-refractivity contribution >= 4 is 17.7 Å². The van der Waals surface area contributed by atoms with Crippen LogP contribution in [0.1, 0.15) is 20.8 Å². The molecule has 8 nitrogen and oxygen atoms in total. The monoisotopic (exact) mass is 248 g/mol. The third kappa shape index (κ3) is 2.43. The molecule has 0 bridgehead atoms. The van der Waals surface area contributed by atoms with Crippen LogP contribution in [0.2, 0.25) is 0 Å². The zero-order valence-electron chi connectivity index (χ0n) is 8.99. The van der Waals surface area contributed by atoms with Crippen molar-refractivity contribution in [2.24, 2.45) is 0 Å². The summed E-state index contributed by atoms with van der Waals surface area (Å²) in [6, 6.07) is 8.16. The fourth-order valence-electron chi connectivity index (χ4n) is 1.13. The van der Waals surface area contributed by atoms with Crippen LogP contribution < -0.4 is 11.2 Å². The van der Waals surface area contributed by atoms with Crippen LogP contribution in [0.4, 0.5) is 5.82 Å². The Hall–Kier alpha value is -2.90. The van der Waals surface area contributed by atoms with Crippen molar-refractivity contribution < 1.29 is 19.1 Å². The molecule has 1 heterocycles. The number of nitrogen functional groups attached to an aromatic ring is 1. The number of hydroxylamine groups is 1. The van der Waals surface area contributed by atoms with Crippen LogP contribution in [0.5, 0.6) is 0 Å². The third-order valence-corrected chi connectivity index (χ3v) is 1.97. The van der Waals surface area contributed by atoms with Crippen molar-refractivity contribution in [3.8, 4) is 0 Å². The first-order chi connectivity index (χ1) is 8.68. The van der Waals surface area contributed by atoms with Gasteiger partial charge in [0, 0.05) is 0 Å². The summed E-state index contributed by atoms with van der Waals surface area (Å²) in [7, 11) is 0. The SMILES string of the molecule is Nc1nonc1C(=O)NOC(=O)c1ccccc1. The van der Waals surface area contributed by atoms with E-state index < -0.39 is 11.9 Å². The Morgan fingerprint density at radius 2 is 1.94 bits per heavy atom. The number of nitrogens with one attached hydrogen (secondary N) is 1. The number of carbonyl (C=O) groups is 2. The fraction of sp³-hybridized carbons (Fsp3) is 0. The number of nitrogens with two attached hydrogens (primary N) is 1. The number of benzene rings is 1. The molecule has 0 spiro atoms. The van der Waals surface area contributed by atoms with E-state index in [1.807, 2.05) is 5.48 Å². The Morgan fingerprint density at radius 3 is 2.56 bits per heavy atom. The summed E-state index contributed by atoms with van der Waals surface area (Å²) < 4.78 is 4.23. The van der Waals surface area contributed by atoms with Gasteiger partial charge in [-0.2, -0.15) is 5.48 Å². The second-order valence-corrected chi connectivity index (χ2v) is 3.18. The number of hydrogen-bond acceptors (Lipinski definition) is 7. The van der Waals surface area contributed by atoms with Crippen LogP contribution in [0.25, 0.3) is 0 Å². The van der Waals surface area contributed by atoms with Crippen molar-refractivity contribution in [3.05, 3.63) is 41.6 Å². The maximum atomic E-state index is 11.5. The predicted octanol–water partition coefficient (Wildman–Crippen LogP) is 0.154. The molecule has 1 aromatic carbocycles. The number of carbonyl (C=O) groups excluding carboxylic acids is 2. The minimum atomic E-state index is -0.821. The van der Waals surface area contributed by atoms with Crippen LogP contribution >= 0.6 is 0 Å². The minimum Gasteiger partial charge on any atom is -0.379 e. The number of anilines is 1. The molecule has 0 radical (unpaired) electrons. The van der Waals surface area contributed by atoms with Gasteiger partial charge in [0.1, 0.15) is 0 Å². The van der Waals surface area contributed by atoms with Crippen molar-refractivity contribution in [2.45, 2.75) is 0 Å². The van der Waals surface area contributed by atoms with Gasteiger partial charge in [-0.05, 0) is 22.4 Å². The van der Waals surface area contributed by atoms with Gasteiger partial charge in [-0.3, -0.25) is 4.79 Å². The normalized spacial score (nSPS) is 9.78.